The molecule has 1 aliphatic carbocycles. The summed E-state index contributed by atoms with van der Waals surface area (Å²) in [6, 6.07) is 39.3. The van der Waals surface area contributed by atoms with Crippen LogP contribution in [0.25, 0.3) is 0 Å². The molecule has 2 aliphatic rings. The van der Waals surface area contributed by atoms with Crippen LogP contribution in [0.3, 0.4) is 0 Å². The highest BCUT2D eigenvalue weighted by Crippen LogP contribution is 2.53. The quantitative estimate of drug-likeness (QED) is 0.140. The fraction of sp³-hybridized carbons (Fsp3) is 0.311. The molecule has 5 aromatic rings. The molecule has 2 N–H and O–H groups in total. The monoisotopic (exact) mass is 733 g/mol. The zero-order valence-corrected chi connectivity index (χ0v) is 31.2. The van der Waals surface area contributed by atoms with Crippen LogP contribution in [-0.4, -0.2) is 37.8 Å². The molecule has 2 unspecified atom stereocenters. The Kier molecular flexibility index (Phi) is 9.85. The number of rotatable bonds is 10. The van der Waals surface area contributed by atoms with E-state index in [-0.39, 0.29) is 23.3 Å². The van der Waals surface area contributed by atoms with E-state index in [4.69, 9.17) is 14.2 Å². The Balaban J connectivity index is 1.33. The van der Waals surface area contributed by atoms with Crippen LogP contribution in [0.2, 0.25) is 0 Å². The number of alkyl halides is 2. The number of ether oxygens (including phenoxy) is 3. The Hall–Kier alpha value is -5.44. The molecule has 0 bridgehead atoms. The maximum Gasteiger partial charge on any atom is 0.315 e. The highest BCUT2D eigenvalue weighted by molar-refractivity contribution is 5.79. The van der Waals surface area contributed by atoms with Crippen LogP contribution in [-0.2, 0) is 15.8 Å². The normalized spacial score (nSPS) is 21.7. The molecule has 0 radical (unpaired) electrons. The van der Waals surface area contributed by atoms with Crippen molar-refractivity contribution in [1.29, 1.82) is 0 Å². The average molecular weight is 734 g/mol. The van der Waals surface area contributed by atoms with Gasteiger partial charge in [0.15, 0.2) is 17.0 Å². The number of benzene rings is 5. The van der Waals surface area contributed by atoms with Crippen LogP contribution in [0, 0.1) is 5.82 Å². The number of hydrogen-bond acceptors (Lipinski definition) is 6. The summed E-state index contributed by atoms with van der Waals surface area (Å²) in [7, 11) is 3.18. The van der Waals surface area contributed by atoms with Gasteiger partial charge in [0.2, 0.25) is 0 Å². The van der Waals surface area contributed by atoms with Crippen molar-refractivity contribution in [3.63, 3.8) is 0 Å². The first-order valence-corrected chi connectivity index (χ1v) is 18.3. The first kappa shape index (κ1) is 36.9. The molecule has 1 saturated carbocycles. The van der Waals surface area contributed by atoms with E-state index in [0.29, 0.717) is 17.4 Å². The van der Waals surface area contributed by atoms with E-state index in [2.05, 4.69) is 27.8 Å². The van der Waals surface area contributed by atoms with Crippen LogP contribution in [0.5, 0.6) is 11.5 Å². The van der Waals surface area contributed by atoms with Crippen LogP contribution in [0.15, 0.2) is 132 Å². The van der Waals surface area contributed by atoms with Crippen LogP contribution in [0.1, 0.15) is 73.8 Å². The van der Waals surface area contributed by atoms with Gasteiger partial charge in [-0.2, -0.15) is 8.78 Å². The number of aliphatic imine (C=N–C) groups is 1. The molecule has 0 saturated heterocycles. The van der Waals surface area contributed by atoms with Crippen LogP contribution >= 0.6 is 0 Å². The summed E-state index contributed by atoms with van der Waals surface area (Å²) in [6.07, 6.45) is 2.60. The Morgan fingerprint density at radius 1 is 0.704 bits per heavy atom. The van der Waals surface area contributed by atoms with E-state index in [1.165, 1.54) is 32.4 Å². The Labute approximate surface area is 315 Å². The lowest BCUT2D eigenvalue weighted by Crippen LogP contribution is -2.64. The lowest BCUT2D eigenvalue weighted by molar-refractivity contribution is -0.209. The summed E-state index contributed by atoms with van der Waals surface area (Å²) in [5.74, 6) is -2.78. The third kappa shape index (κ3) is 6.43. The zero-order chi connectivity index (χ0) is 38.1. The summed E-state index contributed by atoms with van der Waals surface area (Å²) >= 11 is 0. The smallest absolute Gasteiger partial charge is 0.315 e. The first-order chi connectivity index (χ1) is 25.9. The van der Waals surface area contributed by atoms with Crippen LogP contribution in [0.4, 0.5) is 18.9 Å². The molecule has 0 aromatic heterocycles. The van der Waals surface area contributed by atoms with Crippen molar-refractivity contribution in [2.24, 2.45) is 4.99 Å². The predicted molar refractivity (Wildman–Crippen MR) is 207 cm³/mol. The number of hydrogen-bond donors (Lipinski definition) is 2. The van der Waals surface area contributed by atoms with Gasteiger partial charge < -0.3 is 24.8 Å². The number of halogens is 3. The van der Waals surface area contributed by atoms with Crippen molar-refractivity contribution in [3.8, 4) is 11.5 Å². The van der Waals surface area contributed by atoms with Crippen molar-refractivity contribution >= 4 is 11.7 Å². The third-order valence-corrected chi connectivity index (χ3v) is 11.2. The molecule has 6 nitrogen and oxygen atoms in total. The second kappa shape index (κ2) is 14.4. The maximum absolute atomic E-state index is 16.9. The van der Waals surface area contributed by atoms with Crippen molar-refractivity contribution < 1.29 is 27.4 Å². The second-order valence-electron chi connectivity index (χ2n) is 14.8. The minimum absolute atomic E-state index is 0.0133. The summed E-state index contributed by atoms with van der Waals surface area (Å²) in [6.45, 7) is 3.91. The van der Waals surface area contributed by atoms with E-state index in [0.717, 1.165) is 36.0 Å². The number of amidine groups is 1. The summed E-state index contributed by atoms with van der Waals surface area (Å²) in [5, 5.41) is 6.85. The van der Waals surface area contributed by atoms with E-state index in [1.807, 2.05) is 97.1 Å². The molecule has 9 heteroatoms. The Morgan fingerprint density at radius 3 is 1.83 bits per heavy atom. The minimum Gasteiger partial charge on any atom is -0.497 e. The van der Waals surface area contributed by atoms with Gasteiger partial charge in [0.05, 0.1) is 19.9 Å². The third-order valence-electron chi connectivity index (χ3n) is 11.2. The number of anilines is 1. The van der Waals surface area contributed by atoms with E-state index in [9.17, 15) is 0 Å². The molecule has 280 valence electrons. The maximum atomic E-state index is 16.9. The lowest BCUT2D eigenvalue weighted by Gasteiger charge is -2.49. The Bertz CT molecular complexity index is 2040. The molecule has 54 heavy (non-hydrogen) atoms. The van der Waals surface area contributed by atoms with Gasteiger partial charge in [-0.25, -0.2) is 9.38 Å². The van der Waals surface area contributed by atoms with Crippen molar-refractivity contribution in [2.75, 3.05) is 19.5 Å². The topological polar surface area (TPSA) is 64.1 Å². The largest absolute Gasteiger partial charge is 0.497 e. The summed E-state index contributed by atoms with van der Waals surface area (Å²) in [4.78, 5) is 4.66. The molecule has 5 aromatic carbocycles. The van der Waals surface area contributed by atoms with Gasteiger partial charge in [-0.15, -0.1) is 0 Å². The van der Waals surface area contributed by atoms with Crippen molar-refractivity contribution in [1.82, 2.24) is 5.32 Å². The van der Waals surface area contributed by atoms with Gasteiger partial charge >= 0.3 is 5.92 Å². The molecular weight excluding hydrogens is 688 g/mol. The molecular formula is C45H46F3N3O3. The fourth-order valence-corrected chi connectivity index (χ4v) is 8.10. The van der Waals surface area contributed by atoms with E-state index in [1.54, 1.807) is 26.4 Å². The molecule has 3 atom stereocenters. The predicted octanol–water partition coefficient (Wildman–Crippen LogP) is 10.2. The molecule has 7 rings (SSSR count). The zero-order valence-electron chi connectivity index (χ0n) is 31.2. The molecule has 0 amide bonds. The SMILES string of the molecule is COc1ccc(C(NC2=N[C@](C)(c3cccc(NC4CCC(c5ccccc5)C4)c3F)C(F)(F)C(C)(C)O2)(c2ccccc2)c2ccc(OC)cc2)cc1. The van der Waals surface area contributed by atoms with Gasteiger partial charge in [-0.3, -0.25) is 0 Å². The van der Waals surface area contributed by atoms with Gasteiger partial charge in [-0.1, -0.05) is 97.1 Å². The summed E-state index contributed by atoms with van der Waals surface area (Å²) in [5.41, 5.74) is -2.22. The second-order valence-corrected chi connectivity index (χ2v) is 14.8. The van der Waals surface area contributed by atoms with E-state index >= 15 is 13.2 Å². The first-order valence-electron chi connectivity index (χ1n) is 18.3. The van der Waals surface area contributed by atoms with Gasteiger partial charge in [0, 0.05) is 11.6 Å². The van der Waals surface area contributed by atoms with Gasteiger partial charge in [0.1, 0.15) is 17.0 Å². The molecule has 1 aliphatic heterocycles. The van der Waals surface area contributed by atoms with E-state index < -0.39 is 28.4 Å². The standard InChI is InChI=1S/C45H46F3N3O3/c1-42(2)45(47,48)43(3,38-17-12-18-39(40(38)46)49-35-24-19-31(29-35)30-13-8-6-9-14-30)50-41(54-42)51-44(32-15-10-7-11-16-32,33-20-25-36(52-4)26-21-33)34-22-27-37(53-5)28-23-34/h6-18,20-23,25-28,31,35,49H,19,24,29H2,1-5H3,(H,50,51)/t31?,35?,43-/m1/s1. The summed E-state index contributed by atoms with van der Waals surface area (Å²) < 4.78 is 67.8. The molecule has 1 heterocycles. The van der Waals surface area contributed by atoms with Crippen LogP contribution < -0.4 is 20.1 Å². The average Bonchev–Trinajstić information content (AvgIpc) is 3.66. The number of nitrogens with zero attached hydrogens (tertiary/aromatic N) is 1. The highest BCUT2D eigenvalue weighted by atomic mass is 19.3. The minimum atomic E-state index is -3.65. The highest BCUT2D eigenvalue weighted by Gasteiger charge is 2.67. The van der Waals surface area contributed by atoms with Gasteiger partial charge in [0.25, 0.3) is 6.02 Å². The number of methoxy groups -OCH3 is 2. The molecule has 1 fully saturated rings. The van der Waals surface area contributed by atoms with Crippen molar-refractivity contribution in [2.45, 2.75) is 74.6 Å². The van der Waals surface area contributed by atoms with Crippen molar-refractivity contribution in [3.05, 3.63) is 161 Å². The Morgan fingerprint density at radius 2 is 1.26 bits per heavy atom. The lowest BCUT2D eigenvalue weighted by atomic mass is 9.76. The van der Waals surface area contributed by atoms with Gasteiger partial charge in [-0.05, 0) is 98.5 Å². The molecule has 0 spiro atoms. The fourth-order valence-electron chi connectivity index (χ4n) is 8.10. The number of nitrogens with one attached hydrogen (secondary N) is 2.